The molecular formula is C29H36Cl2O4. The van der Waals surface area contributed by atoms with Crippen LogP contribution in [0.2, 0.25) is 10.0 Å². The summed E-state index contributed by atoms with van der Waals surface area (Å²) in [6.07, 6.45) is 5.82. The highest BCUT2D eigenvalue weighted by Gasteiger charge is 2.32. The van der Waals surface area contributed by atoms with E-state index in [1.165, 1.54) is 6.26 Å². The molecule has 1 aliphatic rings. The first kappa shape index (κ1) is 27.6. The largest absolute Gasteiger partial charge is 0.491 e. The third-order valence-corrected chi connectivity index (χ3v) is 7.85. The molecule has 0 saturated heterocycles. The summed E-state index contributed by atoms with van der Waals surface area (Å²) >= 11 is 13.3. The number of esters is 1. The summed E-state index contributed by atoms with van der Waals surface area (Å²) in [6.45, 7) is 10.6. The van der Waals surface area contributed by atoms with Crippen LogP contribution < -0.4 is 4.74 Å². The van der Waals surface area contributed by atoms with Crippen molar-refractivity contribution in [2.24, 2.45) is 11.3 Å². The average Bonchev–Trinajstić information content (AvgIpc) is 3.23. The monoisotopic (exact) mass is 518 g/mol. The van der Waals surface area contributed by atoms with E-state index in [0.717, 1.165) is 41.0 Å². The van der Waals surface area contributed by atoms with Gasteiger partial charge in [0.15, 0.2) is 0 Å². The van der Waals surface area contributed by atoms with Gasteiger partial charge in [0, 0.05) is 10.4 Å². The van der Waals surface area contributed by atoms with E-state index in [1.807, 2.05) is 39.0 Å². The Hall–Kier alpha value is -2.01. The van der Waals surface area contributed by atoms with Crippen molar-refractivity contribution in [2.75, 3.05) is 6.61 Å². The topological polar surface area (TPSA) is 55.8 Å². The molecule has 0 radical (unpaired) electrons. The molecule has 0 bridgehead atoms. The Labute approximate surface area is 219 Å². The van der Waals surface area contributed by atoms with Crippen molar-refractivity contribution in [3.63, 3.8) is 0 Å². The van der Waals surface area contributed by atoms with Crippen LogP contribution >= 0.6 is 23.2 Å². The molecule has 3 rings (SSSR count). The maximum atomic E-state index is 11.6. The van der Waals surface area contributed by atoms with E-state index in [0.29, 0.717) is 17.2 Å². The number of aliphatic hydroxyl groups excluding tert-OH is 1. The predicted octanol–water partition coefficient (Wildman–Crippen LogP) is 7.50. The molecule has 0 saturated carbocycles. The van der Waals surface area contributed by atoms with Gasteiger partial charge in [-0.05, 0) is 72.1 Å². The second kappa shape index (κ2) is 11.4. The van der Waals surface area contributed by atoms with Crippen LogP contribution in [-0.4, -0.2) is 23.8 Å². The van der Waals surface area contributed by atoms with Crippen LogP contribution in [0.3, 0.4) is 0 Å². The molecule has 1 N–H and O–H groups in total. The van der Waals surface area contributed by atoms with E-state index in [2.05, 4.69) is 32.0 Å². The lowest BCUT2D eigenvalue weighted by Gasteiger charge is -2.34. The van der Waals surface area contributed by atoms with E-state index in [1.54, 1.807) is 6.08 Å². The van der Waals surface area contributed by atoms with Crippen LogP contribution in [0.4, 0.5) is 0 Å². The van der Waals surface area contributed by atoms with Crippen LogP contribution in [0, 0.1) is 11.3 Å². The molecule has 0 aliphatic carbocycles. The molecule has 2 aromatic carbocycles. The fraction of sp³-hybridized carbons (Fsp3) is 0.483. The number of hydrogen-bond acceptors (Lipinski definition) is 4. The van der Waals surface area contributed by atoms with Crippen molar-refractivity contribution in [1.82, 2.24) is 0 Å². The Balaban J connectivity index is 1.82. The minimum Gasteiger partial charge on any atom is -0.491 e. The highest BCUT2D eigenvalue weighted by molar-refractivity contribution is 6.32. The van der Waals surface area contributed by atoms with Gasteiger partial charge in [-0.2, -0.15) is 0 Å². The summed E-state index contributed by atoms with van der Waals surface area (Å²) < 4.78 is 10.6. The van der Waals surface area contributed by atoms with Gasteiger partial charge in [-0.15, -0.1) is 0 Å². The number of aliphatic hydroxyl groups is 1. The molecule has 0 spiro atoms. The third kappa shape index (κ3) is 6.22. The molecule has 190 valence electrons. The summed E-state index contributed by atoms with van der Waals surface area (Å²) in [4.78, 5) is 11.6. The van der Waals surface area contributed by atoms with Gasteiger partial charge in [0.05, 0.1) is 17.4 Å². The molecule has 2 aromatic rings. The first-order chi connectivity index (χ1) is 16.5. The zero-order valence-corrected chi connectivity index (χ0v) is 22.7. The highest BCUT2D eigenvalue weighted by Crippen LogP contribution is 2.42. The summed E-state index contributed by atoms with van der Waals surface area (Å²) in [5.74, 6) is -0.196. The summed E-state index contributed by atoms with van der Waals surface area (Å²) in [5, 5.41) is 11.6. The third-order valence-electron chi connectivity index (χ3n) is 7.20. The lowest BCUT2D eigenvalue weighted by atomic mass is 9.70. The molecule has 6 heteroatoms. The maximum absolute atomic E-state index is 11.6. The minimum absolute atomic E-state index is 0.155. The van der Waals surface area contributed by atoms with Crippen LogP contribution in [0.1, 0.15) is 70.6 Å². The summed E-state index contributed by atoms with van der Waals surface area (Å²) in [6, 6.07) is 12.1. The van der Waals surface area contributed by atoms with Crippen LogP contribution in [0.25, 0.3) is 0 Å². The smallest absolute Gasteiger partial charge is 0.321 e. The van der Waals surface area contributed by atoms with Crippen molar-refractivity contribution in [3.8, 4) is 5.75 Å². The molecular weight excluding hydrogens is 483 g/mol. The molecule has 4 nitrogen and oxygen atoms in total. The molecule has 0 amide bonds. The second-order valence-corrected chi connectivity index (χ2v) is 11.2. The standard InChI is InChI=1S/C29H36Cl2O4/c1-6-29(7-2,21-10-8-19(23(30)16-21)9-13-26(32)28(3,4)5)22-11-12-25(24(31)17-22)35-18-20-14-15-34-27(20)33/h8,10-12,14-17,20,26,32H,6-7,9,13,18H2,1-5H3. The molecule has 0 fully saturated rings. The Kier molecular flexibility index (Phi) is 8.96. The minimum atomic E-state index is -0.415. The SMILES string of the molecule is CCC(CC)(c1ccc(CCC(O)C(C)(C)C)c(Cl)c1)c1ccc(OCC2C=COC2=O)c(Cl)c1. The van der Waals surface area contributed by atoms with Crippen LogP contribution in [-0.2, 0) is 21.4 Å². The first-order valence-electron chi connectivity index (χ1n) is 12.3. The Bertz CT molecular complexity index is 1070. The Morgan fingerprint density at radius 3 is 2.17 bits per heavy atom. The number of benzene rings is 2. The van der Waals surface area contributed by atoms with E-state index in [-0.39, 0.29) is 29.5 Å². The van der Waals surface area contributed by atoms with Crippen molar-refractivity contribution in [1.29, 1.82) is 0 Å². The lowest BCUT2D eigenvalue weighted by molar-refractivity contribution is -0.139. The van der Waals surface area contributed by atoms with Crippen molar-refractivity contribution in [3.05, 3.63) is 75.5 Å². The van der Waals surface area contributed by atoms with Gasteiger partial charge in [0.1, 0.15) is 18.3 Å². The van der Waals surface area contributed by atoms with Gasteiger partial charge in [0.2, 0.25) is 0 Å². The predicted molar refractivity (Wildman–Crippen MR) is 142 cm³/mol. The van der Waals surface area contributed by atoms with Gasteiger partial charge >= 0.3 is 5.97 Å². The molecule has 2 unspecified atom stereocenters. The van der Waals surface area contributed by atoms with E-state index < -0.39 is 5.92 Å². The van der Waals surface area contributed by atoms with E-state index >= 15 is 0 Å². The number of carbonyl (C=O) groups is 1. The number of hydrogen-bond donors (Lipinski definition) is 1. The molecule has 1 aliphatic heterocycles. The molecule has 2 atom stereocenters. The zero-order valence-electron chi connectivity index (χ0n) is 21.2. The number of ether oxygens (including phenoxy) is 2. The zero-order chi connectivity index (χ0) is 25.8. The Morgan fingerprint density at radius 2 is 1.66 bits per heavy atom. The van der Waals surface area contributed by atoms with Gasteiger partial charge in [-0.25, -0.2) is 0 Å². The average molecular weight is 520 g/mol. The lowest BCUT2D eigenvalue weighted by Crippen LogP contribution is -2.27. The number of rotatable bonds is 10. The van der Waals surface area contributed by atoms with Crippen molar-refractivity contribution >= 4 is 29.2 Å². The maximum Gasteiger partial charge on any atom is 0.321 e. The molecule has 1 heterocycles. The fourth-order valence-electron chi connectivity index (χ4n) is 4.59. The van der Waals surface area contributed by atoms with E-state index in [9.17, 15) is 9.90 Å². The molecule has 35 heavy (non-hydrogen) atoms. The summed E-state index contributed by atoms with van der Waals surface area (Å²) in [7, 11) is 0. The highest BCUT2D eigenvalue weighted by atomic mass is 35.5. The summed E-state index contributed by atoms with van der Waals surface area (Å²) in [5.41, 5.74) is 2.86. The van der Waals surface area contributed by atoms with Gasteiger partial charge < -0.3 is 14.6 Å². The number of carbonyl (C=O) groups excluding carboxylic acids is 1. The molecule has 0 aromatic heterocycles. The fourth-order valence-corrected chi connectivity index (χ4v) is 5.10. The van der Waals surface area contributed by atoms with Gasteiger partial charge in [-0.3, -0.25) is 4.79 Å². The van der Waals surface area contributed by atoms with Crippen molar-refractivity contribution in [2.45, 2.75) is 71.8 Å². The van der Waals surface area contributed by atoms with Gasteiger partial charge in [-0.1, -0.05) is 76.0 Å². The van der Waals surface area contributed by atoms with E-state index in [4.69, 9.17) is 32.7 Å². The van der Waals surface area contributed by atoms with Crippen LogP contribution in [0.15, 0.2) is 48.7 Å². The second-order valence-electron chi connectivity index (χ2n) is 10.3. The quantitative estimate of drug-likeness (QED) is 0.330. The Morgan fingerprint density at radius 1 is 1.03 bits per heavy atom. The number of halogens is 2. The van der Waals surface area contributed by atoms with Crippen molar-refractivity contribution < 1.29 is 19.4 Å². The number of cyclic esters (lactones) is 1. The normalized spacial score (nSPS) is 16.9. The first-order valence-corrected chi connectivity index (χ1v) is 13.0. The number of aryl methyl sites for hydroxylation is 1. The van der Waals surface area contributed by atoms with Gasteiger partial charge in [0.25, 0.3) is 0 Å². The van der Waals surface area contributed by atoms with Crippen LogP contribution in [0.5, 0.6) is 5.75 Å².